The van der Waals surface area contributed by atoms with Crippen molar-refractivity contribution in [2.45, 2.75) is 20.3 Å². The molecule has 0 heterocycles. The number of aromatic carboxylic acids is 1. The molecule has 0 aliphatic carbocycles. The van der Waals surface area contributed by atoms with Gasteiger partial charge in [-0.05, 0) is 65.1 Å². The number of carbonyl (C=O) groups excluding carboxylic acids is 2. The summed E-state index contributed by atoms with van der Waals surface area (Å²) < 4.78 is 0. The molecule has 2 amide bonds. The number of hydrogen-bond acceptors (Lipinski definition) is 4. The molecule has 184 valence electrons. The number of anilines is 2. The number of hydrogen-bond donors (Lipinski definition) is 5. The lowest BCUT2D eigenvalue weighted by Crippen LogP contribution is -2.16. The van der Waals surface area contributed by atoms with E-state index in [9.17, 15) is 19.5 Å². The van der Waals surface area contributed by atoms with Crippen molar-refractivity contribution in [3.05, 3.63) is 89.5 Å². The number of rotatable bonds is 9. The standard InChI is InChI=1S/C28H28N4O4/c1-4-17-5-11-21(23(14-17)27(34)32-19-8-6-18(7-9-19)26(29)30)22-12-10-20(15-24(22)28(35)36)31-25(33)13-16(2)3/h4-12,14-16H,1,13H2,2-3H3,(H3,29,30)(H,31,33)(H,32,34)(H,35,36). The minimum absolute atomic E-state index is 0.0523. The first-order valence-electron chi connectivity index (χ1n) is 11.3. The van der Waals surface area contributed by atoms with Crippen LogP contribution in [0.3, 0.4) is 0 Å². The number of amidine groups is 1. The lowest BCUT2D eigenvalue weighted by Gasteiger charge is -2.15. The van der Waals surface area contributed by atoms with Gasteiger partial charge in [0.05, 0.1) is 5.56 Å². The monoisotopic (exact) mass is 484 g/mol. The van der Waals surface area contributed by atoms with Crippen molar-refractivity contribution in [2.24, 2.45) is 11.7 Å². The molecule has 0 aliphatic heterocycles. The Hall–Kier alpha value is -4.72. The van der Waals surface area contributed by atoms with Crippen LogP contribution in [0.2, 0.25) is 0 Å². The molecule has 0 aliphatic rings. The van der Waals surface area contributed by atoms with Crippen LogP contribution in [0, 0.1) is 11.3 Å². The van der Waals surface area contributed by atoms with E-state index in [1.54, 1.807) is 60.7 Å². The number of carboxylic acid groups (broad SMARTS) is 1. The van der Waals surface area contributed by atoms with E-state index in [2.05, 4.69) is 17.2 Å². The maximum atomic E-state index is 13.3. The summed E-state index contributed by atoms with van der Waals surface area (Å²) in [6.07, 6.45) is 1.90. The molecule has 8 nitrogen and oxygen atoms in total. The van der Waals surface area contributed by atoms with Gasteiger partial charge < -0.3 is 21.5 Å². The summed E-state index contributed by atoms with van der Waals surface area (Å²) in [5.41, 5.74) is 8.49. The molecule has 8 heteroatoms. The highest BCUT2D eigenvalue weighted by Crippen LogP contribution is 2.31. The van der Waals surface area contributed by atoms with Gasteiger partial charge in [0.1, 0.15) is 5.84 Å². The second-order valence-electron chi connectivity index (χ2n) is 8.67. The number of nitrogens with two attached hydrogens (primary N) is 1. The van der Waals surface area contributed by atoms with Gasteiger partial charge in [0, 0.05) is 28.9 Å². The molecular weight excluding hydrogens is 456 g/mol. The highest BCUT2D eigenvalue weighted by molar-refractivity contribution is 6.11. The van der Waals surface area contributed by atoms with Crippen molar-refractivity contribution in [2.75, 3.05) is 10.6 Å². The SMILES string of the molecule is C=Cc1ccc(-c2ccc(NC(=O)CC(C)C)cc2C(=O)O)c(C(=O)Nc2ccc(C(=N)N)cc2)c1. The third-order valence-corrected chi connectivity index (χ3v) is 5.40. The van der Waals surface area contributed by atoms with Crippen molar-refractivity contribution in [3.63, 3.8) is 0 Å². The molecule has 36 heavy (non-hydrogen) atoms. The van der Waals surface area contributed by atoms with Gasteiger partial charge in [0.2, 0.25) is 5.91 Å². The van der Waals surface area contributed by atoms with E-state index in [1.807, 2.05) is 13.8 Å². The van der Waals surface area contributed by atoms with Gasteiger partial charge in [0.15, 0.2) is 0 Å². The first kappa shape index (κ1) is 25.9. The molecule has 0 spiro atoms. The van der Waals surface area contributed by atoms with E-state index in [4.69, 9.17) is 11.1 Å². The normalized spacial score (nSPS) is 10.5. The zero-order valence-corrected chi connectivity index (χ0v) is 20.1. The number of carbonyl (C=O) groups is 3. The second-order valence-corrected chi connectivity index (χ2v) is 8.67. The van der Waals surface area contributed by atoms with Gasteiger partial charge in [-0.15, -0.1) is 0 Å². The van der Waals surface area contributed by atoms with Crippen LogP contribution in [-0.4, -0.2) is 28.7 Å². The average Bonchev–Trinajstić information content (AvgIpc) is 2.83. The highest BCUT2D eigenvalue weighted by Gasteiger charge is 2.20. The molecular formula is C28H28N4O4. The number of nitrogens with one attached hydrogen (secondary N) is 3. The maximum Gasteiger partial charge on any atom is 0.336 e. The highest BCUT2D eigenvalue weighted by atomic mass is 16.4. The molecule has 6 N–H and O–H groups in total. The van der Waals surface area contributed by atoms with Crippen molar-refractivity contribution in [1.82, 2.24) is 0 Å². The third-order valence-electron chi connectivity index (χ3n) is 5.40. The smallest absolute Gasteiger partial charge is 0.336 e. The lowest BCUT2D eigenvalue weighted by molar-refractivity contribution is -0.116. The van der Waals surface area contributed by atoms with Crippen LogP contribution < -0.4 is 16.4 Å². The van der Waals surface area contributed by atoms with Crippen LogP contribution in [0.15, 0.2) is 67.2 Å². The van der Waals surface area contributed by atoms with Gasteiger partial charge in [-0.2, -0.15) is 0 Å². The van der Waals surface area contributed by atoms with E-state index in [-0.39, 0.29) is 28.8 Å². The zero-order valence-electron chi connectivity index (χ0n) is 20.1. The summed E-state index contributed by atoms with van der Waals surface area (Å²) in [7, 11) is 0. The molecule has 0 aromatic heterocycles. The van der Waals surface area contributed by atoms with Gasteiger partial charge >= 0.3 is 5.97 Å². The molecule has 0 atom stereocenters. The van der Waals surface area contributed by atoms with Crippen molar-refractivity contribution < 1.29 is 19.5 Å². The minimum atomic E-state index is -1.19. The van der Waals surface area contributed by atoms with Gasteiger partial charge in [-0.1, -0.05) is 44.7 Å². The average molecular weight is 485 g/mol. The first-order chi connectivity index (χ1) is 17.1. The zero-order chi connectivity index (χ0) is 26.4. The van der Waals surface area contributed by atoms with Crippen LogP contribution in [0.4, 0.5) is 11.4 Å². The fourth-order valence-corrected chi connectivity index (χ4v) is 3.66. The molecule has 3 rings (SSSR count). The van der Waals surface area contributed by atoms with Gasteiger partial charge in [-0.3, -0.25) is 15.0 Å². The number of nitrogen functional groups attached to an aromatic ring is 1. The summed E-state index contributed by atoms with van der Waals surface area (Å²) in [6, 6.07) is 16.1. The molecule has 0 radical (unpaired) electrons. The van der Waals surface area contributed by atoms with Gasteiger partial charge in [0.25, 0.3) is 5.91 Å². The largest absolute Gasteiger partial charge is 0.478 e. The van der Waals surface area contributed by atoms with Crippen LogP contribution in [0.25, 0.3) is 17.2 Å². The van der Waals surface area contributed by atoms with Crippen LogP contribution in [0.1, 0.15) is 52.1 Å². The molecule has 0 saturated heterocycles. The molecule has 0 saturated carbocycles. The first-order valence-corrected chi connectivity index (χ1v) is 11.3. The predicted octanol–water partition coefficient (Wildman–Crippen LogP) is 5.22. The summed E-state index contributed by atoms with van der Waals surface area (Å²) in [5, 5.41) is 22.9. The summed E-state index contributed by atoms with van der Waals surface area (Å²) in [6.45, 7) is 7.59. The fraction of sp³-hybridized carbons (Fsp3) is 0.143. The number of benzene rings is 3. The number of amides is 2. The van der Waals surface area contributed by atoms with E-state index >= 15 is 0 Å². The van der Waals surface area contributed by atoms with E-state index < -0.39 is 11.9 Å². The van der Waals surface area contributed by atoms with Gasteiger partial charge in [-0.25, -0.2) is 4.79 Å². The Morgan fingerprint density at radius 1 is 0.944 bits per heavy atom. The summed E-state index contributed by atoms with van der Waals surface area (Å²) >= 11 is 0. The Kier molecular flexibility index (Phi) is 8.01. The van der Waals surface area contributed by atoms with Crippen molar-refractivity contribution >= 4 is 41.1 Å². The Labute approximate surface area is 209 Å². The van der Waals surface area contributed by atoms with Crippen LogP contribution >= 0.6 is 0 Å². The number of carboxylic acids is 1. The second kappa shape index (κ2) is 11.1. The Balaban J connectivity index is 2.01. The summed E-state index contributed by atoms with van der Waals surface area (Å²) in [5.74, 6) is -1.77. The lowest BCUT2D eigenvalue weighted by atomic mass is 9.93. The third kappa shape index (κ3) is 6.24. The molecule has 0 bridgehead atoms. The van der Waals surface area contributed by atoms with E-state index in [0.29, 0.717) is 40.0 Å². The molecule has 3 aromatic carbocycles. The predicted molar refractivity (Wildman–Crippen MR) is 142 cm³/mol. The molecule has 3 aromatic rings. The van der Waals surface area contributed by atoms with E-state index in [1.165, 1.54) is 6.07 Å². The molecule has 0 fully saturated rings. The topological polar surface area (TPSA) is 145 Å². The summed E-state index contributed by atoms with van der Waals surface area (Å²) in [4.78, 5) is 37.6. The Bertz CT molecular complexity index is 1340. The minimum Gasteiger partial charge on any atom is -0.478 e. The van der Waals surface area contributed by atoms with Crippen LogP contribution in [-0.2, 0) is 4.79 Å². The Morgan fingerprint density at radius 2 is 1.56 bits per heavy atom. The fourth-order valence-electron chi connectivity index (χ4n) is 3.66. The Morgan fingerprint density at radius 3 is 2.14 bits per heavy atom. The quantitative estimate of drug-likeness (QED) is 0.209. The molecule has 0 unspecified atom stereocenters. The maximum absolute atomic E-state index is 13.3. The van der Waals surface area contributed by atoms with Crippen molar-refractivity contribution in [3.8, 4) is 11.1 Å². The van der Waals surface area contributed by atoms with Crippen LogP contribution in [0.5, 0.6) is 0 Å². The van der Waals surface area contributed by atoms with Crippen molar-refractivity contribution in [1.29, 1.82) is 5.41 Å². The van der Waals surface area contributed by atoms with E-state index in [0.717, 1.165) is 0 Å².